The molecule has 19 heavy (non-hydrogen) atoms. The molecule has 1 saturated carbocycles. The molecule has 0 radical (unpaired) electrons. The van der Waals surface area contributed by atoms with Gasteiger partial charge in [-0.05, 0) is 32.6 Å². The zero-order chi connectivity index (χ0) is 14.4. The van der Waals surface area contributed by atoms with Crippen LogP contribution in [0.2, 0.25) is 0 Å². The first-order valence-electron chi connectivity index (χ1n) is 6.79. The van der Waals surface area contributed by atoms with Gasteiger partial charge in [0.15, 0.2) is 0 Å². The molecule has 0 aromatic rings. The first-order valence-corrected chi connectivity index (χ1v) is 6.79. The number of ether oxygens (including phenoxy) is 2. The average molecular weight is 266 g/mol. The van der Waals surface area contributed by atoms with E-state index in [4.69, 9.17) is 9.47 Å². The van der Waals surface area contributed by atoms with Crippen LogP contribution in [0.5, 0.6) is 0 Å². The minimum Gasteiger partial charge on any atom is -0.459 e. The zero-order valence-electron chi connectivity index (χ0n) is 12.1. The summed E-state index contributed by atoms with van der Waals surface area (Å²) in [6.07, 6.45) is 2.43. The van der Waals surface area contributed by atoms with Crippen molar-refractivity contribution in [3.63, 3.8) is 0 Å². The van der Waals surface area contributed by atoms with E-state index in [9.17, 15) is 9.59 Å². The van der Waals surface area contributed by atoms with E-state index in [-0.39, 0.29) is 23.2 Å². The Morgan fingerprint density at radius 3 is 2.74 bits per heavy atom. The summed E-state index contributed by atoms with van der Waals surface area (Å²) in [6, 6.07) is 0. The van der Waals surface area contributed by atoms with E-state index in [1.54, 1.807) is 6.92 Å². The third-order valence-corrected chi connectivity index (χ3v) is 5.23. The molecule has 1 aliphatic heterocycles. The molecule has 1 heterocycles. The molecule has 2 bridgehead atoms. The maximum absolute atomic E-state index is 12.2. The molecule has 2 fully saturated rings. The van der Waals surface area contributed by atoms with Gasteiger partial charge in [-0.15, -0.1) is 0 Å². The maximum atomic E-state index is 12.2. The van der Waals surface area contributed by atoms with Crippen LogP contribution < -0.4 is 0 Å². The molecule has 4 atom stereocenters. The molecule has 2 aliphatic rings. The zero-order valence-corrected chi connectivity index (χ0v) is 12.1. The highest BCUT2D eigenvalue weighted by Gasteiger charge is 2.63. The molecule has 4 unspecified atom stereocenters. The SMILES string of the molecule is C=CC(=O)OC(C)C1C(=O)OC2(C)CCC1C2(C)C. The molecular weight excluding hydrogens is 244 g/mol. The van der Waals surface area contributed by atoms with Crippen LogP contribution in [0.4, 0.5) is 0 Å². The minimum absolute atomic E-state index is 0.0968. The van der Waals surface area contributed by atoms with Crippen molar-refractivity contribution in [2.75, 3.05) is 0 Å². The van der Waals surface area contributed by atoms with Crippen LogP contribution in [-0.2, 0) is 19.1 Å². The van der Waals surface area contributed by atoms with Gasteiger partial charge in [-0.1, -0.05) is 20.4 Å². The summed E-state index contributed by atoms with van der Waals surface area (Å²) < 4.78 is 10.9. The fourth-order valence-electron chi connectivity index (χ4n) is 3.59. The lowest BCUT2D eigenvalue weighted by Crippen LogP contribution is -2.55. The van der Waals surface area contributed by atoms with Gasteiger partial charge < -0.3 is 9.47 Å². The summed E-state index contributed by atoms with van der Waals surface area (Å²) in [7, 11) is 0. The van der Waals surface area contributed by atoms with Crippen molar-refractivity contribution in [1.82, 2.24) is 0 Å². The fourth-order valence-corrected chi connectivity index (χ4v) is 3.59. The van der Waals surface area contributed by atoms with Crippen LogP contribution in [-0.4, -0.2) is 23.6 Å². The highest BCUT2D eigenvalue weighted by Crippen LogP contribution is 2.59. The lowest BCUT2D eigenvalue weighted by Gasteiger charge is -2.48. The van der Waals surface area contributed by atoms with E-state index >= 15 is 0 Å². The van der Waals surface area contributed by atoms with E-state index in [0.717, 1.165) is 18.9 Å². The molecule has 0 aromatic heterocycles. The highest BCUT2D eigenvalue weighted by atomic mass is 16.6. The Balaban J connectivity index is 2.24. The van der Waals surface area contributed by atoms with Gasteiger partial charge in [-0.3, -0.25) is 4.79 Å². The van der Waals surface area contributed by atoms with E-state index < -0.39 is 17.7 Å². The summed E-state index contributed by atoms with van der Waals surface area (Å²) in [5.41, 5.74) is -0.492. The lowest BCUT2D eigenvalue weighted by molar-refractivity contribution is -0.202. The molecule has 0 spiro atoms. The number of fused-ring (bicyclic) bond motifs is 2. The first-order chi connectivity index (χ1) is 8.73. The van der Waals surface area contributed by atoms with Crippen LogP contribution in [0.25, 0.3) is 0 Å². The van der Waals surface area contributed by atoms with Crippen molar-refractivity contribution in [1.29, 1.82) is 0 Å². The predicted octanol–water partition coefficient (Wildman–Crippen LogP) is 2.47. The van der Waals surface area contributed by atoms with Crippen LogP contribution in [0.1, 0.15) is 40.5 Å². The van der Waals surface area contributed by atoms with Crippen molar-refractivity contribution in [2.24, 2.45) is 17.3 Å². The van der Waals surface area contributed by atoms with Crippen LogP contribution in [0.3, 0.4) is 0 Å². The topological polar surface area (TPSA) is 52.6 Å². The Hall–Kier alpha value is -1.32. The van der Waals surface area contributed by atoms with Crippen molar-refractivity contribution < 1.29 is 19.1 Å². The quantitative estimate of drug-likeness (QED) is 0.581. The van der Waals surface area contributed by atoms with Crippen LogP contribution in [0, 0.1) is 17.3 Å². The number of rotatable bonds is 3. The van der Waals surface area contributed by atoms with Gasteiger partial charge in [0.05, 0.1) is 5.92 Å². The van der Waals surface area contributed by atoms with Crippen LogP contribution >= 0.6 is 0 Å². The Labute approximate surface area is 114 Å². The molecular formula is C15H22O4. The van der Waals surface area contributed by atoms with Gasteiger partial charge in [0.25, 0.3) is 0 Å². The van der Waals surface area contributed by atoms with Crippen LogP contribution in [0.15, 0.2) is 12.7 Å². The minimum atomic E-state index is -0.496. The van der Waals surface area contributed by atoms with E-state index in [0.29, 0.717) is 0 Å². The van der Waals surface area contributed by atoms with E-state index in [1.807, 2.05) is 6.92 Å². The van der Waals surface area contributed by atoms with Gasteiger partial charge in [-0.2, -0.15) is 0 Å². The third kappa shape index (κ3) is 1.97. The Bertz CT molecular complexity index is 426. The summed E-state index contributed by atoms with van der Waals surface area (Å²) in [5, 5.41) is 0. The van der Waals surface area contributed by atoms with Gasteiger partial charge >= 0.3 is 11.9 Å². The first kappa shape index (κ1) is 14.1. The fraction of sp³-hybridized carbons (Fsp3) is 0.733. The summed E-state index contributed by atoms with van der Waals surface area (Å²) in [4.78, 5) is 23.5. The molecule has 0 amide bonds. The average Bonchev–Trinajstić information content (AvgIpc) is 2.47. The van der Waals surface area contributed by atoms with E-state index in [2.05, 4.69) is 20.4 Å². The molecule has 106 valence electrons. The number of hydrogen-bond acceptors (Lipinski definition) is 4. The second kappa shape index (κ2) is 4.36. The molecule has 4 heteroatoms. The summed E-state index contributed by atoms with van der Waals surface area (Å²) >= 11 is 0. The summed E-state index contributed by atoms with van der Waals surface area (Å²) in [6.45, 7) is 11.4. The van der Waals surface area contributed by atoms with Gasteiger partial charge in [-0.25, -0.2) is 4.79 Å². The standard InChI is InChI=1S/C15H22O4/c1-6-11(16)18-9(2)12-10-7-8-15(5,14(10,3)4)19-13(12)17/h6,9-10,12H,1,7-8H2,2-5H3. The second-order valence-corrected chi connectivity index (χ2v) is 6.39. The predicted molar refractivity (Wildman–Crippen MR) is 70.2 cm³/mol. The van der Waals surface area contributed by atoms with Gasteiger partial charge in [0.2, 0.25) is 0 Å². The van der Waals surface area contributed by atoms with E-state index in [1.165, 1.54) is 0 Å². The highest BCUT2D eigenvalue weighted by molar-refractivity contribution is 5.82. The Morgan fingerprint density at radius 1 is 1.53 bits per heavy atom. The second-order valence-electron chi connectivity index (χ2n) is 6.39. The van der Waals surface area contributed by atoms with Gasteiger partial charge in [0, 0.05) is 11.5 Å². The number of carbonyl (C=O) groups is 2. The molecule has 4 nitrogen and oxygen atoms in total. The van der Waals surface area contributed by atoms with Crippen molar-refractivity contribution in [2.45, 2.75) is 52.2 Å². The molecule has 1 saturated heterocycles. The monoisotopic (exact) mass is 266 g/mol. The smallest absolute Gasteiger partial charge is 0.330 e. The van der Waals surface area contributed by atoms with Gasteiger partial charge in [0.1, 0.15) is 11.7 Å². The Kier molecular flexibility index (Phi) is 3.23. The largest absolute Gasteiger partial charge is 0.459 e. The summed E-state index contributed by atoms with van der Waals surface area (Å²) in [5.74, 6) is -0.932. The lowest BCUT2D eigenvalue weighted by atomic mass is 9.65. The normalized spacial score (nSPS) is 37.4. The number of carbonyl (C=O) groups excluding carboxylic acids is 2. The van der Waals surface area contributed by atoms with Crippen molar-refractivity contribution in [3.05, 3.63) is 12.7 Å². The third-order valence-electron chi connectivity index (χ3n) is 5.23. The molecule has 0 N–H and O–H groups in total. The van der Waals surface area contributed by atoms with Crippen molar-refractivity contribution in [3.8, 4) is 0 Å². The Morgan fingerprint density at radius 2 is 2.16 bits per heavy atom. The number of esters is 2. The maximum Gasteiger partial charge on any atom is 0.330 e. The molecule has 2 rings (SSSR count). The number of hydrogen-bond donors (Lipinski definition) is 0. The molecule has 0 aromatic carbocycles. The van der Waals surface area contributed by atoms with Crippen molar-refractivity contribution >= 4 is 11.9 Å². The molecule has 1 aliphatic carbocycles.